The molecule has 0 amide bonds. The molecule has 0 unspecified atom stereocenters. The van der Waals surface area contributed by atoms with Gasteiger partial charge >= 0.3 is 11.9 Å². The first kappa shape index (κ1) is 19.6. The van der Waals surface area contributed by atoms with Gasteiger partial charge in [0.15, 0.2) is 0 Å². The van der Waals surface area contributed by atoms with Gasteiger partial charge in [-0.2, -0.15) is 0 Å². The average molecular weight is 355 g/mol. The molecular weight excluding hydrogens is 330 g/mol. The largest absolute Gasteiger partial charge is 0.462 e. The molecule has 0 N–H and O–H groups in total. The molecule has 0 bridgehead atoms. The quantitative estimate of drug-likeness (QED) is 0.724. The average Bonchev–Trinajstić information content (AvgIpc) is 2.61. The van der Waals surface area contributed by atoms with Crippen molar-refractivity contribution in [1.82, 2.24) is 4.98 Å². The molecule has 0 atom stereocenters. The lowest BCUT2D eigenvalue weighted by Gasteiger charge is -2.18. The van der Waals surface area contributed by atoms with Crippen LogP contribution in [0.25, 0.3) is 11.1 Å². The third-order valence-corrected chi connectivity index (χ3v) is 4.17. The van der Waals surface area contributed by atoms with Gasteiger partial charge in [-0.3, -0.25) is 4.98 Å². The fourth-order valence-corrected chi connectivity index (χ4v) is 2.95. The van der Waals surface area contributed by atoms with Crippen LogP contribution in [-0.4, -0.2) is 30.1 Å². The summed E-state index contributed by atoms with van der Waals surface area (Å²) in [5.74, 6) is -0.977. The molecule has 1 aromatic carbocycles. The molecule has 138 valence electrons. The van der Waals surface area contributed by atoms with Gasteiger partial charge in [-0.15, -0.1) is 0 Å². The predicted molar refractivity (Wildman–Crippen MR) is 100 cm³/mol. The smallest absolute Gasteiger partial charge is 0.340 e. The Labute approximate surface area is 154 Å². The third kappa shape index (κ3) is 3.93. The van der Waals surface area contributed by atoms with Crippen LogP contribution in [0.4, 0.5) is 0 Å². The molecule has 5 nitrogen and oxygen atoms in total. The molecule has 26 heavy (non-hydrogen) atoms. The summed E-state index contributed by atoms with van der Waals surface area (Å²) in [6.45, 7) is 9.55. The standard InChI is InChI=1S/C21H25NO4/c1-6-15-9-11-16(12-10-15)19-17(20(23)25-7-2)13(4)22-14(5)18(19)21(24)26-8-3/h9-12H,6-8H2,1-5H3. The van der Waals surface area contributed by atoms with Gasteiger partial charge in [-0.05, 0) is 45.2 Å². The summed E-state index contributed by atoms with van der Waals surface area (Å²) >= 11 is 0. The normalized spacial score (nSPS) is 10.5. The van der Waals surface area contributed by atoms with Crippen LogP contribution in [0.15, 0.2) is 24.3 Å². The molecule has 2 rings (SSSR count). The summed E-state index contributed by atoms with van der Waals surface area (Å²) in [7, 11) is 0. The highest BCUT2D eigenvalue weighted by atomic mass is 16.5. The maximum absolute atomic E-state index is 12.6. The zero-order chi connectivity index (χ0) is 19.3. The summed E-state index contributed by atoms with van der Waals surface area (Å²) in [5, 5.41) is 0. The Morgan fingerprint density at radius 1 is 0.846 bits per heavy atom. The maximum Gasteiger partial charge on any atom is 0.340 e. The second kappa shape index (κ2) is 8.61. The molecule has 0 aliphatic rings. The van der Waals surface area contributed by atoms with Crippen LogP contribution in [0.5, 0.6) is 0 Å². The Kier molecular flexibility index (Phi) is 6.50. The molecule has 0 radical (unpaired) electrons. The second-order valence-corrected chi connectivity index (χ2v) is 5.90. The van der Waals surface area contributed by atoms with Gasteiger partial charge in [0, 0.05) is 5.56 Å². The molecule has 0 saturated carbocycles. The summed E-state index contributed by atoms with van der Waals surface area (Å²) in [6.07, 6.45) is 0.907. The fraction of sp³-hybridized carbons (Fsp3) is 0.381. The van der Waals surface area contributed by atoms with Crippen molar-refractivity contribution < 1.29 is 19.1 Å². The zero-order valence-corrected chi connectivity index (χ0v) is 16.0. The van der Waals surface area contributed by atoms with E-state index in [1.54, 1.807) is 27.7 Å². The van der Waals surface area contributed by atoms with E-state index in [4.69, 9.17) is 9.47 Å². The zero-order valence-electron chi connectivity index (χ0n) is 16.0. The van der Waals surface area contributed by atoms with Gasteiger partial charge in [0.25, 0.3) is 0 Å². The maximum atomic E-state index is 12.6. The van der Waals surface area contributed by atoms with Crippen molar-refractivity contribution >= 4 is 11.9 Å². The minimum absolute atomic E-state index is 0.245. The minimum Gasteiger partial charge on any atom is -0.462 e. The van der Waals surface area contributed by atoms with E-state index in [9.17, 15) is 9.59 Å². The van der Waals surface area contributed by atoms with Gasteiger partial charge in [0.1, 0.15) is 0 Å². The Morgan fingerprint density at radius 2 is 1.31 bits per heavy atom. The molecule has 5 heteroatoms. The first-order valence-electron chi connectivity index (χ1n) is 8.89. The number of rotatable bonds is 6. The molecule has 0 saturated heterocycles. The van der Waals surface area contributed by atoms with Crippen LogP contribution in [-0.2, 0) is 15.9 Å². The van der Waals surface area contributed by atoms with Crippen LogP contribution in [0.3, 0.4) is 0 Å². The lowest BCUT2D eigenvalue weighted by Crippen LogP contribution is -2.17. The van der Waals surface area contributed by atoms with Gasteiger partial charge in [-0.1, -0.05) is 31.2 Å². The van der Waals surface area contributed by atoms with Gasteiger partial charge < -0.3 is 9.47 Å². The number of pyridine rings is 1. The Hall–Kier alpha value is -2.69. The van der Waals surface area contributed by atoms with Crippen LogP contribution in [0.2, 0.25) is 0 Å². The van der Waals surface area contributed by atoms with Crippen molar-refractivity contribution in [3.63, 3.8) is 0 Å². The van der Waals surface area contributed by atoms with E-state index in [0.29, 0.717) is 28.1 Å². The van der Waals surface area contributed by atoms with Crippen LogP contribution < -0.4 is 0 Å². The molecule has 0 aliphatic heterocycles. The second-order valence-electron chi connectivity index (χ2n) is 5.90. The lowest BCUT2D eigenvalue weighted by atomic mass is 9.91. The number of hydrogen-bond acceptors (Lipinski definition) is 5. The van der Waals surface area contributed by atoms with Gasteiger partial charge in [0.2, 0.25) is 0 Å². The van der Waals surface area contributed by atoms with Crippen LogP contribution >= 0.6 is 0 Å². The van der Waals surface area contributed by atoms with Crippen LogP contribution in [0, 0.1) is 13.8 Å². The molecule has 0 spiro atoms. The Balaban J connectivity index is 2.80. The number of nitrogens with zero attached hydrogens (tertiary/aromatic N) is 1. The highest BCUT2D eigenvalue weighted by molar-refractivity contribution is 6.07. The SMILES string of the molecule is CCOC(=O)c1c(C)nc(C)c(C(=O)OCC)c1-c1ccc(CC)cc1. The van der Waals surface area contributed by atoms with Crippen molar-refractivity contribution in [1.29, 1.82) is 0 Å². The van der Waals surface area contributed by atoms with Gasteiger partial charge in [0.05, 0.1) is 35.7 Å². The Morgan fingerprint density at radius 3 is 1.69 bits per heavy atom. The van der Waals surface area contributed by atoms with Crippen molar-refractivity contribution in [2.45, 2.75) is 41.0 Å². The van der Waals surface area contributed by atoms with Crippen molar-refractivity contribution in [2.75, 3.05) is 13.2 Å². The summed E-state index contributed by atoms with van der Waals surface area (Å²) in [4.78, 5) is 29.6. The van der Waals surface area contributed by atoms with Crippen molar-refractivity contribution in [2.24, 2.45) is 0 Å². The van der Waals surface area contributed by atoms with E-state index in [1.165, 1.54) is 5.56 Å². The monoisotopic (exact) mass is 355 g/mol. The van der Waals surface area contributed by atoms with Crippen molar-refractivity contribution in [3.05, 3.63) is 52.3 Å². The number of hydrogen-bond donors (Lipinski definition) is 0. The van der Waals surface area contributed by atoms with E-state index < -0.39 is 11.9 Å². The number of carbonyl (C=O) groups is 2. The van der Waals surface area contributed by atoms with E-state index in [2.05, 4.69) is 11.9 Å². The predicted octanol–water partition coefficient (Wildman–Crippen LogP) is 4.28. The summed E-state index contributed by atoms with van der Waals surface area (Å²) in [6, 6.07) is 7.81. The topological polar surface area (TPSA) is 65.5 Å². The Bertz CT molecular complexity index is 768. The lowest BCUT2D eigenvalue weighted by molar-refractivity contribution is 0.0525. The molecule has 1 aromatic heterocycles. The van der Waals surface area contributed by atoms with Crippen molar-refractivity contribution in [3.8, 4) is 11.1 Å². The van der Waals surface area contributed by atoms with E-state index in [-0.39, 0.29) is 13.2 Å². The summed E-state index contributed by atoms with van der Waals surface area (Å²) < 4.78 is 10.4. The molecule has 2 aromatic rings. The number of aryl methyl sites for hydroxylation is 3. The van der Waals surface area contributed by atoms with Gasteiger partial charge in [-0.25, -0.2) is 9.59 Å². The van der Waals surface area contributed by atoms with E-state index >= 15 is 0 Å². The number of benzene rings is 1. The third-order valence-electron chi connectivity index (χ3n) is 4.17. The summed E-state index contributed by atoms with van der Waals surface area (Å²) in [5.41, 5.74) is 4.14. The van der Waals surface area contributed by atoms with E-state index in [0.717, 1.165) is 12.0 Å². The number of aromatic nitrogens is 1. The first-order chi connectivity index (χ1) is 12.4. The van der Waals surface area contributed by atoms with Crippen LogP contribution in [0.1, 0.15) is 58.4 Å². The van der Waals surface area contributed by atoms with E-state index in [1.807, 2.05) is 24.3 Å². The highest BCUT2D eigenvalue weighted by Crippen LogP contribution is 2.32. The number of ether oxygens (including phenoxy) is 2. The number of esters is 2. The molecule has 0 aliphatic carbocycles. The molecule has 0 fully saturated rings. The minimum atomic E-state index is -0.488. The highest BCUT2D eigenvalue weighted by Gasteiger charge is 2.27. The molecule has 1 heterocycles. The first-order valence-corrected chi connectivity index (χ1v) is 8.89. The fourth-order valence-electron chi connectivity index (χ4n) is 2.95. The number of carbonyl (C=O) groups excluding carboxylic acids is 2. The molecular formula is C21H25NO4.